The molecule has 1 aliphatic heterocycles. The summed E-state index contributed by atoms with van der Waals surface area (Å²) in [4.78, 5) is 13.2. The van der Waals surface area contributed by atoms with Gasteiger partial charge < -0.3 is 10.2 Å². The van der Waals surface area contributed by atoms with E-state index in [1.807, 2.05) is 4.90 Å². The van der Waals surface area contributed by atoms with E-state index in [4.69, 9.17) is 0 Å². The molecule has 1 saturated heterocycles. The molecule has 0 aromatic heterocycles. The van der Waals surface area contributed by atoms with Crippen molar-refractivity contribution in [3.63, 3.8) is 0 Å². The van der Waals surface area contributed by atoms with Crippen LogP contribution in [0.2, 0.25) is 0 Å². The SMILES string of the molecule is CCCNC(=O)N1CC[CH]CC1. The quantitative estimate of drug-likeness (QED) is 0.666. The van der Waals surface area contributed by atoms with Crippen LogP contribution in [0.25, 0.3) is 0 Å². The van der Waals surface area contributed by atoms with Crippen molar-refractivity contribution in [3.05, 3.63) is 6.42 Å². The molecule has 0 bridgehead atoms. The topological polar surface area (TPSA) is 32.3 Å². The molecule has 0 saturated carbocycles. The number of hydrogen-bond donors (Lipinski definition) is 1. The highest BCUT2D eigenvalue weighted by Gasteiger charge is 2.14. The number of nitrogens with one attached hydrogen (secondary N) is 1. The number of nitrogens with zero attached hydrogens (tertiary/aromatic N) is 1. The predicted molar refractivity (Wildman–Crippen MR) is 48.8 cm³/mol. The van der Waals surface area contributed by atoms with Crippen LogP contribution in [0, 0.1) is 6.42 Å². The average molecular weight is 169 g/mol. The molecule has 3 heteroatoms. The van der Waals surface area contributed by atoms with E-state index in [1.165, 1.54) is 0 Å². The third-order valence-corrected chi connectivity index (χ3v) is 2.02. The fraction of sp³-hybridized carbons (Fsp3) is 0.778. The van der Waals surface area contributed by atoms with E-state index in [1.54, 1.807) is 0 Å². The zero-order chi connectivity index (χ0) is 8.81. The molecule has 0 aromatic rings. The number of urea groups is 1. The summed E-state index contributed by atoms with van der Waals surface area (Å²) in [7, 11) is 0. The number of rotatable bonds is 2. The van der Waals surface area contributed by atoms with Gasteiger partial charge in [-0.2, -0.15) is 0 Å². The van der Waals surface area contributed by atoms with Gasteiger partial charge >= 0.3 is 6.03 Å². The highest BCUT2D eigenvalue weighted by atomic mass is 16.2. The van der Waals surface area contributed by atoms with Crippen LogP contribution in [0.4, 0.5) is 4.79 Å². The summed E-state index contributed by atoms with van der Waals surface area (Å²) >= 11 is 0. The van der Waals surface area contributed by atoms with Gasteiger partial charge in [-0.15, -0.1) is 0 Å². The summed E-state index contributed by atoms with van der Waals surface area (Å²) in [6, 6.07) is 0.102. The van der Waals surface area contributed by atoms with Crippen LogP contribution in [0.5, 0.6) is 0 Å². The van der Waals surface area contributed by atoms with Gasteiger partial charge in [0.2, 0.25) is 0 Å². The van der Waals surface area contributed by atoms with Crippen molar-refractivity contribution in [1.29, 1.82) is 0 Å². The Morgan fingerprint density at radius 3 is 2.75 bits per heavy atom. The van der Waals surface area contributed by atoms with Crippen molar-refractivity contribution in [3.8, 4) is 0 Å². The molecule has 1 radical (unpaired) electrons. The summed E-state index contributed by atoms with van der Waals surface area (Å²) in [6.07, 6.45) is 5.33. The van der Waals surface area contributed by atoms with Gasteiger partial charge in [-0.05, 0) is 25.7 Å². The summed E-state index contributed by atoms with van der Waals surface area (Å²) < 4.78 is 0. The summed E-state index contributed by atoms with van der Waals surface area (Å²) in [6.45, 7) is 4.62. The second-order valence-electron chi connectivity index (χ2n) is 3.09. The number of carbonyl (C=O) groups excluding carboxylic acids is 1. The van der Waals surface area contributed by atoms with E-state index >= 15 is 0 Å². The molecule has 0 aromatic carbocycles. The molecule has 0 aliphatic carbocycles. The van der Waals surface area contributed by atoms with Crippen molar-refractivity contribution in [1.82, 2.24) is 10.2 Å². The molecule has 1 aliphatic rings. The van der Waals surface area contributed by atoms with Gasteiger partial charge in [-0.3, -0.25) is 0 Å². The normalized spacial score (nSPS) is 17.6. The van der Waals surface area contributed by atoms with Gasteiger partial charge in [0.1, 0.15) is 0 Å². The number of amides is 2. The molecule has 0 spiro atoms. The van der Waals surface area contributed by atoms with Crippen LogP contribution in [-0.2, 0) is 0 Å². The first-order valence-electron chi connectivity index (χ1n) is 4.69. The maximum Gasteiger partial charge on any atom is 0.317 e. The van der Waals surface area contributed by atoms with Crippen molar-refractivity contribution in [2.75, 3.05) is 19.6 Å². The second kappa shape index (κ2) is 5.01. The van der Waals surface area contributed by atoms with Crippen LogP contribution >= 0.6 is 0 Å². The molecule has 1 N–H and O–H groups in total. The van der Waals surface area contributed by atoms with Gasteiger partial charge in [0, 0.05) is 19.6 Å². The third-order valence-electron chi connectivity index (χ3n) is 2.02. The Balaban J connectivity index is 2.20. The fourth-order valence-electron chi connectivity index (χ4n) is 1.30. The lowest BCUT2D eigenvalue weighted by Gasteiger charge is -2.26. The standard InChI is InChI=1S/C9H17N2O/c1-2-6-10-9(12)11-7-4-3-5-8-11/h3H,2,4-8H2,1H3,(H,10,12). The first-order chi connectivity index (χ1) is 5.84. The first kappa shape index (κ1) is 9.36. The minimum Gasteiger partial charge on any atom is -0.338 e. The largest absolute Gasteiger partial charge is 0.338 e. The molecule has 69 valence electrons. The number of hydrogen-bond acceptors (Lipinski definition) is 1. The third kappa shape index (κ3) is 2.72. The molecule has 0 unspecified atom stereocenters. The Kier molecular flexibility index (Phi) is 3.91. The van der Waals surface area contributed by atoms with E-state index in [9.17, 15) is 4.79 Å². The summed E-state index contributed by atoms with van der Waals surface area (Å²) in [5.74, 6) is 0. The lowest BCUT2D eigenvalue weighted by molar-refractivity contribution is 0.193. The van der Waals surface area contributed by atoms with E-state index < -0.39 is 0 Å². The fourth-order valence-corrected chi connectivity index (χ4v) is 1.30. The van der Waals surface area contributed by atoms with Gasteiger partial charge in [-0.1, -0.05) is 6.92 Å². The van der Waals surface area contributed by atoms with Crippen LogP contribution in [-0.4, -0.2) is 30.6 Å². The van der Waals surface area contributed by atoms with Crippen molar-refractivity contribution in [2.24, 2.45) is 0 Å². The van der Waals surface area contributed by atoms with Gasteiger partial charge in [0.05, 0.1) is 0 Å². The molecule has 1 fully saturated rings. The van der Waals surface area contributed by atoms with E-state index in [-0.39, 0.29) is 6.03 Å². The van der Waals surface area contributed by atoms with Crippen molar-refractivity contribution >= 4 is 6.03 Å². The van der Waals surface area contributed by atoms with Crippen LogP contribution < -0.4 is 5.32 Å². The van der Waals surface area contributed by atoms with Crippen LogP contribution in [0.3, 0.4) is 0 Å². The highest BCUT2D eigenvalue weighted by Crippen LogP contribution is 2.06. The van der Waals surface area contributed by atoms with Crippen LogP contribution in [0.15, 0.2) is 0 Å². The molecule has 0 atom stereocenters. The van der Waals surface area contributed by atoms with Crippen molar-refractivity contribution < 1.29 is 4.79 Å². The second-order valence-corrected chi connectivity index (χ2v) is 3.09. The molecule has 1 heterocycles. The van der Waals surface area contributed by atoms with E-state index in [0.717, 1.165) is 38.9 Å². The Morgan fingerprint density at radius 2 is 2.17 bits per heavy atom. The zero-order valence-corrected chi connectivity index (χ0v) is 7.68. The molecule has 2 amide bonds. The highest BCUT2D eigenvalue weighted by molar-refractivity contribution is 5.74. The van der Waals surface area contributed by atoms with Crippen molar-refractivity contribution in [2.45, 2.75) is 26.2 Å². The monoisotopic (exact) mass is 169 g/mol. The van der Waals surface area contributed by atoms with Gasteiger partial charge in [0.15, 0.2) is 0 Å². The lowest BCUT2D eigenvalue weighted by atomic mass is 10.1. The average Bonchev–Trinajstić information content (AvgIpc) is 2.15. The molecule has 12 heavy (non-hydrogen) atoms. The summed E-state index contributed by atoms with van der Waals surface area (Å²) in [5, 5.41) is 2.88. The molecule has 3 nitrogen and oxygen atoms in total. The van der Waals surface area contributed by atoms with E-state index in [2.05, 4.69) is 18.7 Å². The zero-order valence-electron chi connectivity index (χ0n) is 7.68. The number of likely N-dealkylation sites (tertiary alicyclic amines) is 1. The molecule has 1 rings (SSSR count). The maximum atomic E-state index is 11.4. The Labute approximate surface area is 74.1 Å². The molecular formula is C9H17N2O. The number of carbonyl (C=O) groups is 1. The maximum absolute atomic E-state index is 11.4. The smallest absolute Gasteiger partial charge is 0.317 e. The lowest BCUT2D eigenvalue weighted by Crippen LogP contribution is -2.43. The summed E-state index contributed by atoms with van der Waals surface area (Å²) in [5.41, 5.74) is 0. The van der Waals surface area contributed by atoms with Gasteiger partial charge in [-0.25, -0.2) is 4.79 Å². The van der Waals surface area contributed by atoms with E-state index in [0.29, 0.717) is 0 Å². The molecular weight excluding hydrogens is 152 g/mol. The number of piperidine rings is 1. The Morgan fingerprint density at radius 1 is 1.50 bits per heavy atom. The Hall–Kier alpha value is -0.730. The van der Waals surface area contributed by atoms with Gasteiger partial charge in [0.25, 0.3) is 0 Å². The van der Waals surface area contributed by atoms with Crippen LogP contribution in [0.1, 0.15) is 26.2 Å². The predicted octanol–water partition coefficient (Wildman–Crippen LogP) is 1.41. The first-order valence-corrected chi connectivity index (χ1v) is 4.69. The Bertz CT molecular complexity index is 141. The minimum atomic E-state index is 0.102. The minimum absolute atomic E-state index is 0.102.